The van der Waals surface area contributed by atoms with Crippen molar-refractivity contribution in [2.75, 3.05) is 13.6 Å². The van der Waals surface area contributed by atoms with Crippen LogP contribution in [0.2, 0.25) is 0 Å². The molecule has 0 spiro atoms. The number of alkyl halides is 2. The number of rotatable bonds is 9. The summed E-state index contributed by atoms with van der Waals surface area (Å²) in [7, 11) is 1.56. The molecule has 1 amide bonds. The van der Waals surface area contributed by atoms with Crippen LogP contribution in [0.4, 0.5) is 17.6 Å². The van der Waals surface area contributed by atoms with Crippen LogP contribution in [0.3, 0.4) is 0 Å². The summed E-state index contributed by atoms with van der Waals surface area (Å²) < 4.78 is 64.8. The lowest BCUT2D eigenvalue weighted by Crippen LogP contribution is -2.47. The third-order valence-electron chi connectivity index (χ3n) is 6.46. The zero-order valence-electron chi connectivity index (χ0n) is 22.8. The van der Waals surface area contributed by atoms with Crippen LogP contribution in [-0.2, 0) is 18.1 Å². The number of nitrogens with two attached hydrogens (primary N) is 1. The summed E-state index contributed by atoms with van der Waals surface area (Å²) in [5.41, 5.74) is 2.58. The molecule has 1 aromatic heterocycles. The second-order valence-electron chi connectivity index (χ2n) is 9.32. The predicted octanol–water partition coefficient (Wildman–Crippen LogP) is 4.66. The van der Waals surface area contributed by atoms with Gasteiger partial charge in [0.15, 0.2) is 5.60 Å². The van der Waals surface area contributed by atoms with Gasteiger partial charge in [-0.3, -0.25) is 14.8 Å². The van der Waals surface area contributed by atoms with Crippen molar-refractivity contribution >= 4 is 12.2 Å². The predicted molar refractivity (Wildman–Crippen MR) is 153 cm³/mol. The van der Waals surface area contributed by atoms with E-state index in [-0.39, 0.29) is 5.91 Å². The van der Waals surface area contributed by atoms with Crippen LogP contribution in [0.25, 0.3) is 0 Å². The second-order valence-corrected chi connectivity index (χ2v) is 9.32. The van der Waals surface area contributed by atoms with Gasteiger partial charge in [0.1, 0.15) is 29.7 Å². The zero-order chi connectivity index (χ0) is 31.0. The number of hydrogen-bond donors (Lipinski definition) is 3. The summed E-state index contributed by atoms with van der Waals surface area (Å²) >= 11 is 0. The zero-order valence-corrected chi connectivity index (χ0v) is 22.8. The quantitative estimate of drug-likeness (QED) is 0.114. The molecule has 0 radical (unpaired) electrons. The van der Waals surface area contributed by atoms with Gasteiger partial charge in [-0.15, -0.1) is 0 Å². The number of hydrogen-bond acceptors (Lipinski definition) is 5. The van der Waals surface area contributed by atoms with Gasteiger partial charge in [0.05, 0.1) is 12.9 Å². The fourth-order valence-electron chi connectivity index (χ4n) is 4.07. The van der Waals surface area contributed by atoms with E-state index in [0.717, 1.165) is 30.0 Å². The first kappa shape index (κ1) is 30.7. The molecule has 0 saturated heterocycles. The minimum Gasteiger partial charge on any atom is -0.489 e. The average Bonchev–Trinajstić information content (AvgIpc) is 3.02. The van der Waals surface area contributed by atoms with Crippen LogP contribution in [0.5, 0.6) is 5.75 Å². The van der Waals surface area contributed by atoms with Crippen molar-refractivity contribution in [2.24, 2.45) is 10.7 Å². The number of amides is 1. The number of carbonyl (C=O) groups is 1. The summed E-state index contributed by atoms with van der Waals surface area (Å²) in [6, 6.07) is 18.0. The first-order valence-corrected chi connectivity index (χ1v) is 12.9. The van der Waals surface area contributed by atoms with Gasteiger partial charge < -0.3 is 20.9 Å². The smallest absolute Gasteiger partial charge is 0.323 e. The molecule has 11 heteroatoms. The third-order valence-corrected chi connectivity index (χ3v) is 6.46. The van der Waals surface area contributed by atoms with Crippen LogP contribution >= 0.6 is 0 Å². The fraction of sp³-hybridized carbons (Fsp3) is 0.156. The highest BCUT2D eigenvalue weighted by molar-refractivity contribution is 5.93. The summed E-state index contributed by atoms with van der Waals surface area (Å²) in [4.78, 5) is 18.9. The van der Waals surface area contributed by atoms with E-state index < -0.39 is 41.0 Å². The molecule has 4 rings (SSSR count). The summed E-state index contributed by atoms with van der Waals surface area (Å²) in [6.45, 7) is -0.713. The van der Waals surface area contributed by atoms with Crippen molar-refractivity contribution in [1.29, 1.82) is 0 Å². The summed E-state index contributed by atoms with van der Waals surface area (Å²) in [6.07, 6.45) is 1.79. The number of ether oxygens (including phenoxy) is 1. The Bertz CT molecular complexity index is 1670. The number of aliphatic hydroxyl groups is 1. The van der Waals surface area contributed by atoms with Gasteiger partial charge in [-0.05, 0) is 66.2 Å². The normalized spacial score (nSPS) is 12.7. The number of aromatic nitrogens is 1. The fourth-order valence-corrected chi connectivity index (χ4v) is 4.07. The van der Waals surface area contributed by atoms with Crippen molar-refractivity contribution in [3.8, 4) is 17.6 Å². The van der Waals surface area contributed by atoms with Crippen molar-refractivity contribution < 1.29 is 32.2 Å². The van der Waals surface area contributed by atoms with Gasteiger partial charge in [-0.25, -0.2) is 8.78 Å². The van der Waals surface area contributed by atoms with E-state index in [1.807, 2.05) is 0 Å². The molecule has 4 aromatic rings. The summed E-state index contributed by atoms with van der Waals surface area (Å²) in [5.74, 6) is -0.370. The molecule has 0 saturated carbocycles. The monoisotopic (exact) mass is 590 g/mol. The Morgan fingerprint density at radius 1 is 1.02 bits per heavy atom. The lowest BCUT2D eigenvalue weighted by Gasteiger charge is -2.34. The maximum absolute atomic E-state index is 15.6. The molecule has 1 heterocycles. The molecule has 3 aromatic carbocycles. The van der Waals surface area contributed by atoms with Crippen LogP contribution in [-0.4, -0.2) is 35.9 Å². The molecule has 1 unspecified atom stereocenters. The molecule has 1 atom stereocenters. The number of aliphatic imine (C=N–C) groups is 1. The average molecular weight is 591 g/mol. The molecule has 0 aliphatic carbocycles. The molecule has 43 heavy (non-hydrogen) atoms. The van der Waals surface area contributed by atoms with Gasteiger partial charge in [0, 0.05) is 41.6 Å². The summed E-state index contributed by atoms with van der Waals surface area (Å²) in [5, 5.41) is 13.5. The first-order valence-electron chi connectivity index (χ1n) is 12.9. The molecule has 4 N–H and O–H groups in total. The van der Waals surface area contributed by atoms with Crippen LogP contribution in [0.15, 0.2) is 90.1 Å². The third kappa shape index (κ3) is 6.99. The van der Waals surface area contributed by atoms with E-state index in [0.29, 0.717) is 41.5 Å². The van der Waals surface area contributed by atoms with Crippen molar-refractivity contribution in [3.63, 3.8) is 0 Å². The van der Waals surface area contributed by atoms with E-state index >= 15 is 8.78 Å². The number of carbonyl (C=O) groups excluding carboxylic acids is 1. The van der Waals surface area contributed by atoms with E-state index in [1.165, 1.54) is 6.07 Å². The van der Waals surface area contributed by atoms with Crippen LogP contribution < -0.4 is 15.8 Å². The number of nitrogens with zero attached hydrogens (tertiary/aromatic N) is 2. The highest BCUT2D eigenvalue weighted by Gasteiger charge is 2.57. The maximum Gasteiger partial charge on any atom is 0.323 e. The van der Waals surface area contributed by atoms with Gasteiger partial charge in [-0.2, -0.15) is 8.78 Å². The SMILES string of the molecule is CNC(=O)c1ccc(COc2ccc(C#Cc3ccc(C(F)(F)C(O)(CN=CN)c4ccc(F)cc4F)nc3)cc2)cc1. The van der Waals surface area contributed by atoms with E-state index in [1.54, 1.807) is 55.6 Å². The van der Waals surface area contributed by atoms with Crippen molar-refractivity contribution in [3.05, 3.63) is 130 Å². The van der Waals surface area contributed by atoms with Crippen molar-refractivity contribution in [2.45, 2.75) is 18.1 Å². The Labute approximate surface area is 245 Å². The van der Waals surface area contributed by atoms with Gasteiger partial charge in [-0.1, -0.05) is 24.0 Å². The second kappa shape index (κ2) is 13.2. The lowest BCUT2D eigenvalue weighted by atomic mass is 9.84. The molecule has 220 valence electrons. The highest BCUT2D eigenvalue weighted by atomic mass is 19.3. The lowest BCUT2D eigenvalue weighted by molar-refractivity contribution is -0.193. The molecule has 0 aliphatic rings. The number of halogens is 4. The van der Waals surface area contributed by atoms with Crippen molar-refractivity contribution in [1.82, 2.24) is 10.3 Å². The van der Waals surface area contributed by atoms with E-state index in [2.05, 4.69) is 27.1 Å². The Morgan fingerprint density at radius 2 is 1.70 bits per heavy atom. The minimum atomic E-state index is -4.15. The van der Waals surface area contributed by atoms with E-state index in [4.69, 9.17) is 10.5 Å². The standard InChI is InChI=1S/C32H26F4N4O3/c1-38-30(41)24-9-4-23(5-10-24)18-43-26-12-6-21(7-13-26)2-3-22-8-15-29(40-17-22)32(35,36)31(42,19-39-20-37)27-14-11-25(33)16-28(27)34/h4-17,20,42H,18-19H2,1H3,(H2,37,39)(H,38,41). The van der Waals surface area contributed by atoms with Crippen LogP contribution in [0.1, 0.15) is 38.3 Å². The minimum absolute atomic E-state index is 0.173. The highest BCUT2D eigenvalue weighted by Crippen LogP contribution is 2.45. The Balaban J connectivity index is 1.45. The van der Waals surface area contributed by atoms with E-state index in [9.17, 15) is 18.7 Å². The Kier molecular flexibility index (Phi) is 9.42. The Hall–Kier alpha value is -5.21. The molecule has 0 fully saturated rings. The molecular formula is C32H26F4N4O3. The maximum atomic E-state index is 15.6. The Morgan fingerprint density at radius 3 is 2.30 bits per heavy atom. The molecule has 0 bridgehead atoms. The number of nitrogens with one attached hydrogen (secondary N) is 1. The molecular weight excluding hydrogens is 564 g/mol. The molecule has 0 aliphatic heterocycles. The topological polar surface area (TPSA) is 110 Å². The van der Waals surface area contributed by atoms with Crippen LogP contribution in [0, 0.1) is 23.5 Å². The number of benzene rings is 3. The molecule has 7 nitrogen and oxygen atoms in total. The number of pyridine rings is 1. The first-order chi connectivity index (χ1) is 20.6. The van der Waals surface area contributed by atoms with Gasteiger partial charge in [0.2, 0.25) is 0 Å². The van der Waals surface area contributed by atoms with Gasteiger partial charge in [0.25, 0.3) is 5.91 Å². The largest absolute Gasteiger partial charge is 0.489 e. The van der Waals surface area contributed by atoms with Gasteiger partial charge >= 0.3 is 5.92 Å².